The molecule has 0 spiro atoms. The summed E-state index contributed by atoms with van der Waals surface area (Å²) in [5, 5.41) is 0. The van der Waals surface area contributed by atoms with E-state index in [1.54, 1.807) is 0 Å². The van der Waals surface area contributed by atoms with Crippen LogP contribution in [0.15, 0.2) is 18.2 Å². The highest BCUT2D eigenvalue weighted by molar-refractivity contribution is 5.98. The van der Waals surface area contributed by atoms with Gasteiger partial charge in [-0.25, -0.2) is 4.39 Å². The summed E-state index contributed by atoms with van der Waals surface area (Å²) >= 11 is 0. The van der Waals surface area contributed by atoms with Crippen LogP contribution in [0.2, 0.25) is 0 Å². The Labute approximate surface area is 107 Å². The van der Waals surface area contributed by atoms with E-state index in [4.69, 9.17) is 10.5 Å². The number of ether oxygens (including phenoxy) is 1. The minimum atomic E-state index is -0.422. The van der Waals surface area contributed by atoms with Crippen LogP contribution in [0.1, 0.15) is 36.5 Å². The Morgan fingerprint density at radius 1 is 1.44 bits per heavy atom. The summed E-state index contributed by atoms with van der Waals surface area (Å²) in [4.78, 5) is 12.0. The lowest BCUT2D eigenvalue weighted by Gasteiger charge is -2.11. The third-order valence-corrected chi connectivity index (χ3v) is 2.99. The fraction of sp³-hybridized carbons (Fsp3) is 0.500. The smallest absolute Gasteiger partial charge is 0.166 e. The van der Waals surface area contributed by atoms with Gasteiger partial charge in [-0.2, -0.15) is 0 Å². The number of benzene rings is 1. The molecule has 18 heavy (non-hydrogen) atoms. The lowest BCUT2D eigenvalue weighted by atomic mass is 9.97. The average Bonchev–Trinajstić information content (AvgIpc) is 2.36. The largest absolute Gasteiger partial charge is 0.496 e. The van der Waals surface area contributed by atoms with Gasteiger partial charge in [0.05, 0.1) is 12.7 Å². The molecule has 0 aliphatic rings. The van der Waals surface area contributed by atoms with Gasteiger partial charge in [0.1, 0.15) is 11.6 Å². The van der Waals surface area contributed by atoms with Gasteiger partial charge in [0.2, 0.25) is 0 Å². The molecular formula is C14H20FNO2. The van der Waals surface area contributed by atoms with Crippen LogP contribution in [0.3, 0.4) is 0 Å². The third kappa shape index (κ3) is 4.11. The van der Waals surface area contributed by atoms with Gasteiger partial charge in [0.25, 0.3) is 0 Å². The number of ketones is 1. The molecule has 0 heterocycles. The molecule has 100 valence electrons. The third-order valence-electron chi connectivity index (χ3n) is 2.99. The first kappa shape index (κ1) is 14.6. The molecule has 0 saturated heterocycles. The molecule has 0 fully saturated rings. The Balaban J connectivity index is 2.68. The summed E-state index contributed by atoms with van der Waals surface area (Å²) in [5.74, 6) is 0.316. The van der Waals surface area contributed by atoms with Crippen molar-refractivity contribution in [3.8, 4) is 5.75 Å². The van der Waals surface area contributed by atoms with E-state index in [1.165, 1.54) is 25.3 Å². The Morgan fingerprint density at radius 3 is 2.78 bits per heavy atom. The monoisotopic (exact) mass is 253 g/mol. The normalized spacial score (nSPS) is 12.2. The minimum absolute atomic E-state index is 0.0878. The SMILES string of the molecule is COc1ccc(F)cc1C(=O)CCC(C)CCN. The Bertz CT molecular complexity index is 407. The maximum atomic E-state index is 13.1. The molecule has 4 heteroatoms. The van der Waals surface area contributed by atoms with Gasteiger partial charge < -0.3 is 10.5 Å². The lowest BCUT2D eigenvalue weighted by Crippen LogP contribution is -2.09. The summed E-state index contributed by atoms with van der Waals surface area (Å²) in [7, 11) is 1.47. The molecule has 0 aromatic heterocycles. The van der Waals surface area contributed by atoms with Crippen molar-refractivity contribution in [2.75, 3.05) is 13.7 Å². The van der Waals surface area contributed by atoms with Crippen molar-refractivity contribution < 1.29 is 13.9 Å². The van der Waals surface area contributed by atoms with Crippen LogP contribution in [0.5, 0.6) is 5.75 Å². The van der Waals surface area contributed by atoms with Crippen LogP contribution in [-0.2, 0) is 0 Å². The maximum absolute atomic E-state index is 13.1. The van der Waals surface area contributed by atoms with Crippen LogP contribution >= 0.6 is 0 Å². The van der Waals surface area contributed by atoms with E-state index in [-0.39, 0.29) is 5.78 Å². The van der Waals surface area contributed by atoms with E-state index in [1.807, 2.05) is 0 Å². The molecule has 3 nitrogen and oxygen atoms in total. The summed E-state index contributed by atoms with van der Waals surface area (Å²) in [6, 6.07) is 3.99. The van der Waals surface area contributed by atoms with E-state index < -0.39 is 5.82 Å². The van der Waals surface area contributed by atoms with E-state index in [9.17, 15) is 9.18 Å². The molecule has 0 aliphatic carbocycles. The fourth-order valence-electron chi connectivity index (χ4n) is 1.84. The fourth-order valence-corrected chi connectivity index (χ4v) is 1.84. The van der Waals surface area contributed by atoms with Gasteiger partial charge in [-0.1, -0.05) is 6.92 Å². The first-order valence-corrected chi connectivity index (χ1v) is 6.15. The zero-order chi connectivity index (χ0) is 13.5. The van der Waals surface area contributed by atoms with E-state index in [0.717, 1.165) is 12.8 Å². The second-order valence-electron chi connectivity index (χ2n) is 4.49. The van der Waals surface area contributed by atoms with Crippen LogP contribution in [0, 0.1) is 11.7 Å². The lowest BCUT2D eigenvalue weighted by molar-refractivity contribution is 0.0970. The van der Waals surface area contributed by atoms with Gasteiger partial charge in [0, 0.05) is 6.42 Å². The number of nitrogens with two attached hydrogens (primary N) is 1. The quantitative estimate of drug-likeness (QED) is 0.760. The molecule has 0 radical (unpaired) electrons. The standard InChI is InChI=1S/C14H20FNO2/c1-10(7-8-16)3-5-13(17)12-9-11(15)4-6-14(12)18-2/h4,6,9-10H,3,5,7-8,16H2,1-2H3. The van der Waals surface area contributed by atoms with Gasteiger partial charge in [-0.05, 0) is 43.5 Å². The van der Waals surface area contributed by atoms with Crippen LogP contribution in [-0.4, -0.2) is 19.4 Å². The molecule has 1 rings (SSSR count). The summed E-state index contributed by atoms with van der Waals surface area (Å²) in [5.41, 5.74) is 5.78. The topological polar surface area (TPSA) is 52.3 Å². The summed E-state index contributed by atoms with van der Waals surface area (Å²) in [6.07, 6.45) is 2.05. The number of Topliss-reactive ketones (excluding diaryl/α,β-unsaturated/α-hetero) is 1. The van der Waals surface area contributed by atoms with Crippen molar-refractivity contribution in [1.82, 2.24) is 0 Å². The highest BCUT2D eigenvalue weighted by atomic mass is 19.1. The first-order chi connectivity index (χ1) is 8.58. The van der Waals surface area contributed by atoms with Crippen LogP contribution in [0.25, 0.3) is 0 Å². The minimum Gasteiger partial charge on any atom is -0.496 e. The number of halogens is 1. The molecular weight excluding hydrogens is 233 g/mol. The number of methoxy groups -OCH3 is 1. The van der Waals surface area contributed by atoms with Crippen molar-refractivity contribution >= 4 is 5.78 Å². The highest BCUT2D eigenvalue weighted by Gasteiger charge is 2.14. The molecule has 2 N–H and O–H groups in total. The number of rotatable bonds is 7. The molecule has 1 aromatic carbocycles. The van der Waals surface area contributed by atoms with E-state index in [0.29, 0.717) is 30.2 Å². The van der Waals surface area contributed by atoms with Crippen LogP contribution < -0.4 is 10.5 Å². The predicted molar refractivity (Wildman–Crippen MR) is 69.4 cm³/mol. The molecule has 1 atom stereocenters. The number of carbonyl (C=O) groups is 1. The summed E-state index contributed by atoms with van der Waals surface area (Å²) < 4.78 is 18.2. The summed E-state index contributed by atoms with van der Waals surface area (Å²) in [6.45, 7) is 2.68. The molecule has 0 amide bonds. The van der Waals surface area contributed by atoms with Crippen molar-refractivity contribution in [1.29, 1.82) is 0 Å². The molecule has 1 unspecified atom stereocenters. The molecule has 0 saturated carbocycles. The number of carbonyl (C=O) groups excluding carboxylic acids is 1. The van der Waals surface area contributed by atoms with Gasteiger partial charge in [0.15, 0.2) is 5.78 Å². The number of hydrogen-bond donors (Lipinski definition) is 1. The van der Waals surface area contributed by atoms with Gasteiger partial charge in [-0.3, -0.25) is 4.79 Å². The van der Waals surface area contributed by atoms with E-state index >= 15 is 0 Å². The molecule has 1 aromatic rings. The van der Waals surface area contributed by atoms with Crippen molar-refractivity contribution in [2.45, 2.75) is 26.2 Å². The second-order valence-corrected chi connectivity index (χ2v) is 4.49. The van der Waals surface area contributed by atoms with Crippen molar-refractivity contribution in [3.05, 3.63) is 29.6 Å². The zero-order valence-corrected chi connectivity index (χ0v) is 10.9. The first-order valence-electron chi connectivity index (χ1n) is 6.15. The van der Waals surface area contributed by atoms with Gasteiger partial charge >= 0.3 is 0 Å². The average molecular weight is 253 g/mol. The number of hydrogen-bond acceptors (Lipinski definition) is 3. The maximum Gasteiger partial charge on any atom is 0.166 e. The van der Waals surface area contributed by atoms with Crippen molar-refractivity contribution in [2.24, 2.45) is 11.7 Å². The molecule has 0 bridgehead atoms. The predicted octanol–water partition coefficient (Wildman–Crippen LogP) is 2.78. The molecule has 0 aliphatic heterocycles. The van der Waals surface area contributed by atoms with Crippen molar-refractivity contribution in [3.63, 3.8) is 0 Å². The van der Waals surface area contributed by atoms with Crippen LogP contribution in [0.4, 0.5) is 4.39 Å². The second kappa shape index (κ2) is 7.11. The Kier molecular flexibility index (Phi) is 5.78. The Morgan fingerprint density at radius 2 is 2.17 bits per heavy atom. The highest BCUT2D eigenvalue weighted by Crippen LogP contribution is 2.22. The van der Waals surface area contributed by atoms with E-state index in [2.05, 4.69) is 6.92 Å². The Hall–Kier alpha value is -1.42. The van der Waals surface area contributed by atoms with Gasteiger partial charge in [-0.15, -0.1) is 0 Å². The zero-order valence-electron chi connectivity index (χ0n) is 10.9.